The van der Waals surface area contributed by atoms with E-state index in [0.717, 1.165) is 3.57 Å². The molecule has 136 valence electrons. The van der Waals surface area contributed by atoms with E-state index < -0.39 is 5.63 Å². The van der Waals surface area contributed by atoms with Crippen molar-refractivity contribution < 1.29 is 23.4 Å². The van der Waals surface area contributed by atoms with Gasteiger partial charge < -0.3 is 23.4 Å². The minimum atomic E-state index is -0.482. The van der Waals surface area contributed by atoms with Crippen LogP contribution in [0, 0.1) is 3.57 Å². The third kappa shape index (κ3) is 3.07. The van der Waals surface area contributed by atoms with Crippen LogP contribution in [0.1, 0.15) is 0 Å². The molecule has 0 atom stereocenters. The summed E-state index contributed by atoms with van der Waals surface area (Å²) in [5, 5.41) is 1.07. The van der Waals surface area contributed by atoms with Crippen molar-refractivity contribution in [3.63, 3.8) is 0 Å². The second-order valence-electron chi connectivity index (χ2n) is 5.35. The van der Waals surface area contributed by atoms with E-state index in [1.807, 2.05) is 6.07 Å². The standard InChI is InChI=1S/C19H17IO6/c1-22-11-8-12-16(15(9-11)25-4)19(21)26-18(17(12)20)10-5-6-13(23-2)14(7-10)24-3/h5-9H,1-4H3. The average Bonchev–Trinajstić information content (AvgIpc) is 2.68. The van der Waals surface area contributed by atoms with Crippen LogP contribution in [0.4, 0.5) is 0 Å². The molecule has 0 spiro atoms. The molecule has 26 heavy (non-hydrogen) atoms. The van der Waals surface area contributed by atoms with E-state index in [4.69, 9.17) is 23.4 Å². The van der Waals surface area contributed by atoms with E-state index in [1.165, 1.54) is 7.11 Å². The Balaban J connectivity index is 2.32. The Morgan fingerprint density at radius 3 is 2.15 bits per heavy atom. The van der Waals surface area contributed by atoms with Crippen LogP contribution < -0.4 is 24.6 Å². The average molecular weight is 468 g/mol. The molecule has 0 aliphatic rings. The Labute approximate surface area is 163 Å². The second-order valence-corrected chi connectivity index (χ2v) is 6.43. The number of rotatable bonds is 5. The molecule has 3 aromatic rings. The Kier molecular flexibility index (Phi) is 5.26. The monoisotopic (exact) mass is 468 g/mol. The van der Waals surface area contributed by atoms with Crippen molar-refractivity contribution in [1.29, 1.82) is 0 Å². The van der Waals surface area contributed by atoms with Crippen molar-refractivity contribution >= 4 is 33.4 Å². The number of benzene rings is 2. The van der Waals surface area contributed by atoms with Crippen molar-refractivity contribution in [3.05, 3.63) is 44.3 Å². The van der Waals surface area contributed by atoms with E-state index in [1.54, 1.807) is 45.6 Å². The molecule has 0 saturated heterocycles. The highest BCUT2D eigenvalue weighted by Gasteiger charge is 2.19. The summed E-state index contributed by atoms with van der Waals surface area (Å²) in [6.07, 6.45) is 0. The maximum absolute atomic E-state index is 12.6. The first kappa shape index (κ1) is 18.4. The van der Waals surface area contributed by atoms with E-state index in [-0.39, 0.29) is 0 Å². The molecule has 3 rings (SSSR count). The van der Waals surface area contributed by atoms with Crippen LogP contribution >= 0.6 is 22.6 Å². The second kappa shape index (κ2) is 7.45. The Morgan fingerprint density at radius 1 is 0.846 bits per heavy atom. The fourth-order valence-electron chi connectivity index (χ4n) is 2.73. The van der Waals surface area contributed by atoms with E-state index in [0.29, 0.717) is 45.1 Å². The molecule has 0 amide bonds. The summed E-state index contributed by atoms with van der Waals surface area (Å²) in [6.45, 7) is 0. The smallest absolute Gasteiger partial charge is 0.348 e. The minimum Gasteiger partial charge on any atom is -0.497 e. The van der Waals surface area contributed by atoms with Crippen LogP contribution in [0.15, 0.2) is 39.5 Å². The number of hydrogen-bond donors (Lipinski definition) is 0. The summed E-state index contributed by atoms with van der Waals surface area (Å²) in [6, 6.07) is 8.79. The third-order valence-corrected chi connectivity index (χ3v) is 5.08. The van der Waals surface area contributed by atoms with Crippen LogP contribution in [-0.4, -0.2) is 28.4 Å². The molecule has 0 N–H and O–H groups in total. The van der Waals surface area contributed by atoms with Gasteiger partial charge in [-0.2, -0.15) is 0 Å². The maximum Gasteiger partial charge on any atom is 0.348 e. The van der Waals surface area contributed by atoms with Crippen LogP contribution in [0.25, 0.3) is 22.1 Å². The summed E-state index contributed by atoms with van der Waals surface area (Å²) in [4.78, 5) is 12.6. The molecule has 1 heterocycles. The SMILES string of the molecule is COc1cc(OC)c2c(=O)oc(-c3ccc(OC)c(OC)c3)c(I)c2c1. The van der Waals surface area contributed by atoms with Crippen molar-refractivity contribution in [2.24, 2.45) is 0 Å². The number of fused-ring (bicyclic) bond motifs is 1. The van der Waals surface area contributed by atoms with E-state index in [2.05, 4.69) is 22.6 Å². The van der Waals surface area contributed by atoms with Crippen molar-refractivity contribution in [3.8, 4) is 34.3 Å². The summed E-state index contributed by atoms with van der Waals surface area (Å²) >= 11 is 2.15. The molecule has 1 aromatic heterocycles. The maximum atomic E-state index is 12.6. The van der Waals surface area contributed by atoms with Crippen molar-refractivity contribution in [1.82, 2.24) is 0 Å². The van der Waals surface area contributed by atoms with Gasteiger partial charge in [-0.1, -0.05) is 0 Å². The number of methoxy groups -OCH3 is 4. The zero-order chi connectivity index (χ0) is 18.8. The summed E-state index contributed by atoms with van der Waals surface area (Å²) < 4.78 is 27.6. The lowest BCUT2D eigenvalue weighted by Crippen LogP contribution is -2.05. The molecule has 0 aliphatic heterocycles. The van der Waals surface area contributed by atoms with Gasteiger partial charge in [0.05, 0.1) is 32.0 Å². The zero-order valence-electron chi connectivity index (χ0n) is 14.7. The number of hydrogen-bond acceptors (Lipinski definition) is 6. The predicted octanol–water partition coefficient (Wildman–Crippen LogP) is 4.10. The molecule has 2 aromatic carbocycles. The van der Waals surface area contributed by atoms with Crippen molar-refractivity contribution in [2.75, 3.05) is 28.4 Å². The fourth-order valence-corrected chi connectivity index (χ4v) is 3.57. The van der Waals surface area contributed by atoms with Gasteiger partial charge >= 0.3 is 5.63 Å². The molecule has 0 saturated carbocycles. The molecular weight excluding hydrogens is 451 g/mol. The lowest BCUT2D eigenvalue weighted by molar-refractivity contribution is 0.355. The topological polar surface area (TPSA) is 67.1 Å². The lowest BCUT2D eigenvalue weighted by Gasteiger charge is -2.13. The summed E-state index contributed by atoms with van der Waals surface area (Å²) in [5.74, 6) is 2.59. The van der Waals surface area contributed by atoms with Crippen LogP contribution in [0.3, 0.4) is 0 Å². The molecule has 0 radical (unpaired) electrons. The zero-order valence-corrected chi connectivity index (χ0v) is 16.9. The van der Waals surface area contributed by atoms with Gasteiger partial charge in [-0.05, 0) is 46.9 Å². The first-order chi connectivity index (χ1) is 12.5. The third-order valence-electron chi connectivity index (χ3n) is 4.01. The van der Waals surface area contributed by atoms with Gasteiger partial charge in [-0.25, -0.2) is 4.79 Å². The fraction of sp³-hybridized carbons (Fsp3) is 0.211. The molecule has 7 heteroatoms. The highest BCUT2D eigenvalue weighted by atomic mass is 127. The van der Waals surface area contributed by atoms with Crippen LogP contribution in [0.5, 0.6) is 23.0 Å². The van der Waals surface area contributed by atoms with Gasteiger partial charge in [0.1, 0.15) is 16.9 Å². The predicted molar refractivity (Wildman–Crippen MR) is 107 cm³/mol. The van der Waals surface area contributed by atoms with Gasteiger partial charge in [0.15, 0.2) is 17.3 Å². The lowest BCUT2D eigenvalue weighted by atomic mass is 10.1. The molecule has 0 bridgehead atoms. The Bertz CT molecular complexity index is 1020. The summed E-state index contributed by atoms with van der Waals surface area (Å²) in [5.41, 5.74) is 0.220. The Hall–Kier alpha value is -2.42. The van der Waals surface area contributed by atoms with Gasteiger partial charge in [-0.3, -0.25) is 0 Å². The minimum absolute atomic E-state index is 0.377. The molecule has 0 unspecified atom stereocenters. The highest BCUT2D eigenvalue weighted by Crippen LogP contribution is 2.38. The largest absolute Gasteiger partial charge is 0.497 e. The number of halogens is 1. The van der Waals surface area contributed by atoms with E-state index >= 15 is 0 Å². The summed E-state index contributed by atoms with van der Waals surface area (Å²) in [7, 11) is 6.19. The molecule has 6 nitrogen and oxygen atoms in total. The number of ether oxygens (including phenoxy) is 4. The normalized spacial score (nSPS) is 10.7. The molecular formula is C19H17IO6. The van der Waals surface area contributed by atoms with Gasteiger partial charge in [0.2, 0.25) is 0 Å². The quantitative estimate of drug-likeness (QED) is 0.526. The van der Waals surface area contributed by atoms with Gasteiger partial charge in [-0.15, -0.1) is 0 Å². The first-order valence-electron chi connectivity index (χ1n) is 7.64. The first-order valence-corrected chi connectivity index (χ1v) is 8.72. The highest BCUT2D eigenvalue weighted by molar-refractivity contribution is 14.1. The van der Waals surface area contributed by atoms with Gasteiger partial charge in [0.25, 0.3) is 0 Å². The molecule has 0 fully saturated rings. The van der Waals surface area contributed by atoms with Crippen molar-refractivity contribution in [2.45, 2.75) is 0 Å². The van der Waals surface area contributed by atoms with Crippen LogP contribution in [0.2, 0.25) is 0 Å². The van der Waals surface area contributed by atoms with Crippen LogP contribution in [-0.2, 0) is 0 Å². The Morgan fingerprint density at radius 2 is 1.54 bits per heavy atom. The van der Waals surface area contributed by atoms with E-state index in [9.17, 15) is 4.79 Å². The molecule has 0 aliphatic carbocycles. The van der Waals surface area contributed by atoms with Gasteiger partial charge in [0, 0.05) is 17.0 Å².